The van der Waals surface area contributed by atoms with Crippen molar-refractivity contribution < 1.29 is 19.1 Å². The highest BCUT2D eigenvalue weighted by molar-refractivity contribution is 6.33. The third-order valence-electron chi connectivity index (χ3n) is 7.31. The molecule has 36 heavy (non-hydrogen) atoms. The molecule has 1 fully saturated rings. The number of carbonyl (C=O) groups is 2. The topological polar surface area (TPSA) is 59.1 Å². The summed E-state index contributed by atoms with van der Waals surface area (Å²) in [6, 6.07) is 20.9. The number of likely N-dealkylation sites (tertiary alicyclic amines) is 1. The maximum Gasteiger partial charge on any atom is 0.255 e. The Labute approximate surface area is 216 Å². The fourth-order valence-electron chi connectivity index (χ4n) is 5.39. The van der Waals surface area contributed by atoms with Crippen LogP contribution in [0.25, 0.3) is 0 Å². The highest BCUT2D eigenvalue weighted by Gasteiger charge is 2.44. The Hall–Kier alpha value is -3.51. The average molecular weight is 505 g/mol. The highest BCUT2D eigenvalue weighted by atomic mass is 35.5. The van der Waals surface area contributed by atoms with Crippen molar-refractivity contribution in [2.45, 2.75) is 18.9 Å². The van der Waals surface area contributed by atoms with Crippen LogP contribution in [-0.4, -0.2) is 55.5 Å². The number of hydrogen-bond acceptors (Lipinski definition) is 4. The van der Waals surface area contributed by atoms with Gasteiger partial charge in [-0.3, -0.25) is 9.59 Å². The van der Waals surface area contributed by atoms with E-state index in [-0.39, 0.29) is 17.7 Å². The lowest BCUT2D eigenvalue weighted by Crippen LogP contribution is -2.42. The van der Waals surface area contributed by atoms with Crippen LogP contribution in [0.1, 0.15) is 33.0 Å². The predicted molar refractivity (Wildman–Crippen MR) is 139 cm³/mol. The SMILES string of the molecule is COc1ccc(OC)c(C2CN(C(=O)c3ccccc3Cl)CC2C(=O)N2CCc3ccccc3C2)c1. The van der Waals surface area contributed by atoms with Crippen LogP contribution in [-0.2, 0) is 17.8 Å². The molecular formula is C29H29ClN2O4. The van der Waals surface area contributed by atoms with E-state index in [1.807, 2.05) is 35.2 Å². The van der Waals surface area contributed by atoms with E-state index >= 15 is 0 Å². The van der Waals surface area contributed by atoms with Crippen LogP contribution in [0, 0.1) is 5.92 Å². The van der Waals surface area contributed by atoms with Crippen LogP contribution in [0.3, 0.4) is 0 Å². The van der Waals surface area contributed by atoms with Crippen molar-refractivity contribution in [3.05, 3.63) is 94.0 Å². The molecule has 0 spiro atoms. The number of hydrogen-bond donors (Lipinski definition) is 0. The molecule has 3 aromatic rings. The summed E-state index contributed by atoms with van der Waals surface area (Å²) in [5, 5.41) is 0.403. The maximum atomic E-state index is 14.0. The summed E-state index contributed by atoms with van der Waals surface area (Å²) in [6.07, 6.45) is 0.823. The van der Waals surface area contributed by atoms with E-state index in [2.05, 4.69) is 12.1 Å². The summed E-state index contributed by atoms with van der Waals surface area (Å²) < 4.78 is 11.1. The van der Waals surface area contributed by atoms with Crippen LogP contribution < -0.4 is 9.47 Å². The minimum absolute atomic E-state index is 0.0498. The zero-order valence-electron chi connectivity index (χ0n) is 20.4. The molecule has 5 rings (SSSR count). The van der Waals surface area contributed by atoms with E-state index in [0.717, 1.165) is 12.0 Å². The Morgan fingerprint density at radius 2 is 1.64 bits per heavy atom. The monoisotopic (exact) mass is 504 g/mol. The fourth-order valence-corrected chi connectivity index (χ4v) is 5.60. The van der Waals surface area contributed by atoms with E-state index in [0.29, 0.717) is 48.3 Å². The van der Waals surface area contributed by atoms with Gasteiger partial charge in [0.25, 0.3) is 5.91 Å². The van der Waals surface area contributed by atoms with Crippen molar-refractivity contribution in [2.75, 3.05) is 33.9 Å². The average Bonchev–Trinajstić information content (AvgIpc) is 3.37. The molecule has 0 aromatic heterocycles. The van der Waals surface area contributed by atoms with Gasteiger partial charge < -0.3 is 19.3 Å². The van der Waals surface area contributed by atoms with Gasteiger partial charge >= 0.3 is 0 Å². The summed E-state index contributed by atoms with van der Waals surface area (Å²) in [5.41, 5.74) is 3.77. The number of ether oxygens (including phenoxy) is 2. The fraction of sp³-hybridized carbons (Fsp3) is 0.310. The summed E-state index contributed by atoms with van der Waals surface area (Å²) in [7, 11) is 3.23. The maximum absolute atomic E-state index is 14.0. The molecule has 2 aliphatic rings. The molecule has 2 aliphatic heterocycles. The molecule has 0 saturated carbocycles. The van der Waals surface area contributed by atoms with Crippen molar-refractivity contribution >= 4 is 23.4 Å². The Balaban J connectivity index is 1.49. The minimum atomic E-state index is -0.414. The van der Waals surface area contributed by atoms with Gasteiger partial charge in [0, 0.05) is 37.7 Å². The molecule has 0 N–H and O–H groups in total. The van der Waals surface area contributed by atoms with E-state index in [1.165, 1.54) is 11.1 Å². The molecule has 2 unspecified atom stereocenters. The number of nitrogens with zero attached hydrogens (tertiary/aromatic N) is 2. The molecule has 3 aromatic carbocycles. The molecule has 2 heterocycles. The normalized spacial score (nSPS) is 19.1. The Kier molecular flexibility index (Phi) is 6.88. The number of benzene rings is 3. The van der Waals surface area contributed by atoms with Gasteiger partial charge in [-0.1, -0.05) is 48.0 Å². The number of carbonyl (C=O) groups excluding carboxylic acids is 2. The highest BCUT2D eigenvalue weighted by Crippen LogP contribution is 2.41. The van der Waals surface area contributed by atoms with Crippen LogP contribution in [0.2, 0.25) is 5.02 Å². The van der Waals surface area contributed by atoms with Crippen LogP contribution in [0.15, 0.2) is 66.7 Å². The lowest BCUT2D eigenvalue weighted by Gasteiger charge is -2.32. The van der Waals surface area contributed by atoms with Gasteiger partial charge in [-0.25, -0.2) is 0 Å². The Morgan fingerprint density at radius 3 is 2.39 bits per heavy atom. The van der Waals surface area contributed by atoms with Crippen molar-refractivity contribution in [3.63, 3.8) is 0 Å². The molecule has 0 bridgehead atoms. The predicted octanol–water partition coefficient (Wildman–Crippen LogP) is 4.80. The number of methoxy groups -OCH3 is 2. The zero-order valence-corrected chi connectivity index (χ0v) is 21.2. The van der Waals surface area contributed by atoms with E-state index in [9.17, 15) is 9.59 Å². The number of rotatable bonds is 5. The summed E-state index contributed by atoms with van der Waals surface area (Å²) >= 11 is 6.35. The molecule has 1 saturated heterocycles. The molecule has 2 amide bonds. The molecule has 0 radical (unpaired) electrons. The zero-order chi connectivity index (χ0) is 25.2. The first-order valence-electron chi connectivity index (χ1n) is 12.1. The van der Waals surface area contributed by atoms with Gasteiger partial charge in [0.1, 0.15) is 11.5 Å². The first-order valence-corrected chi connectivity index (χ1v) is 12.5. The largest absolute Gasteiger partial charge is 0.497 e. The van der Waals surface area contributed by atoms with Crippen molar-refractivity contribution in [1.82, 2.24) is 9.80 Å². The first kappa shape index (κ1) is 24.2. The number of halogens is 1. The molecule has 0 aliphatic carbocycles. The van der Waals surface area contributed by atoms with Crippen LogP contribution in [0.5, 0.6) is 11.5 Å². The molecular weight excluding hydrogens is 476 g/mol. The molecule has 2 atom stereocenters. The van der Waals surface area contributed by atoms with Gasteiger partial charge in [-0.15, -0.1) is 0 Å². The molecule has 7 heteroatoms. The number of fused-ring (bicyclic) bond motifs is 1. The second-order valence-corrected chi connectivity index (χ2v) is 9.70. The van der Waals surface area contributed by atoms with Gasteiger partial charge in [-0.2, -0.15) is 0 Å². The molecule has 6 nitrogen and oxygen atoms in total. The van der Waals surface area contributed by atoms with Crippen molar-refractivity contribution in [3.8, 4) is 11.5 Å². The van der Waals surface area contributed by atoms with Crippen molar-refractivity contribution in [2.24, 2.45) is 5.92 Å². The van der Waals surface area contributed by atoms with E-state index in [4.69, 9.17) is 21.1 Å². The standard InChI is InChI=1S/C29H29ClN2O4/c1-35-21-11-12-27(36-2)23(15-21)24-17-32(28(33)22-9-5-6-10-26(22)30)18-25(24)29(34)31-14-13-19-7-3-4-8-20(19)16-31/h3-12,15,24-25H,13-14,16-18H2,1-2H3. The van der Waals surface area contributed by atoms with Gasteiger partial charge in [0.05, 0.1) is 30.7 Å². The van der Waals surface area contributed by atoms with Gasteiger partial charge in [0.2, 0.25) is 5.91 Å². The smallest absolute Gasteiger partial charge is 0.255 e. The number of amides is 2. The lowest BCUT2D eigenvalue weighted by atomic mass is 9.86. The minimum Gasteiger partial charge on any atom is -0.497 e. The quantitative estimate of drug-likeness (QED) is 0.501. The van der Waals surface area contributed by atoms with Gasteiger partial charge in [0.15, 0.2) is 0 Å². The first-order chi connectivity index (χ1) is 17.5. The van der Waals surface area contributed by atoms with Crippen LogP contribution in [0.4, 0.5) is 0 Å². The third kappa shape index (κ3) is 4.53. The van der Waals surface area contributed by atoms with Crippen LogP contribution >= 0.6 is 11.6 Å². The third-order valence-corrected chi connectivity index (χ3v) is 7.64. The Morgan fingerprint density at radius 1 is 0.889 bits per heavy atom. The van der Waals surface area contributed by atoms with E-state index in [1.54, 1.807) is 43.4 Å². The van der Waals surface area contributed by atoms with E-state index < -0.39 is 5.92 Å². The summed E-state index contributed by atoms with van der Waals surface area (Å²) in [4.78, 5) is 31.2. The second-order valence-electron chi connectivity index (χ2n) is 9.29. The molecule has 186 valence electrons. The van der Waals surface area contributed by atoms with Gasteiger partial charge in [-0.05, 0) is 47.9 Å². The second kappa shape index (κ2) is 10.2. The summed E-state index contributed by atoms with van der Waals surface area (Å²) in [5.74, 6) is 0.573. The summed E-state index contributed by atoms with van der Waals surface area (Å²) in [6.45, 7) is 1.93. The Bertz CT molecular complexity index is 1290. The lowest BCUT2D eigenvalue weighted by molar-refractivity contribution is -0.136. The van der Waals surface area contributed by atoms with Crippen molar-refractivity contribution in [1.29, 1.82) is 0 Å².